The van der Waals surface area contributed by atoms with Crippen molar-refractivity contribution in [2.24, 2.45) is 5.73 Å². The van der Waals surface area contributed by atoms with Gasteiger partial charge >= 0.3 is 5.69 Å². The number of nitrogens with two attached hydrogens (primary N) is 1. The maximum Gasteiger partial charge on any atom is 0.311 e. The Hall–Kier alpha value is -2.90. The summed E-state index contributed by atoms with van der Waals surface area (Å²) in [5, 5.41) is 10.9. The lowest BCUT2D eigenvalue weighted by Gasteiger charge is -2.34. The number of hydrogen-bond acceptors (Lipinski definition) is 6. The third-order valence-electron chi connectivity index (χ3n) is 3.77. The predicted octanol–water partition coefficient (Wildman–Crippen LogP) is 4.77. The molecule has 1 saturated heterocycles. The minimum atomic E-state index is -0.431. The van der Waals surface area contributed by atoms with Gasteiger partial charge in [0, 0.05) is 51.1 Å². The van der Waals surface area contributed by atoms with E-state index in [0.29, 0.717) is 32.0 Å². The standard InChI is InChI=1S/C11H14N4O3.C4H9N.C4H8.C2H6.CH4/c1-9(16)13-5-7-14(8-6-13)11-10(15(17)18)3-2-4-12-11;1-3-4(2)5;1-3-4-2;1-2;/h2-4H,5-8H2,1H3;2-3,5H2,1H3;3-4H,1-2H3;1-2H3;1H4/b;;4-3-;;. The van der Waals surface area contributed by atoms with Crippen molar-refractivity contribution in [1.82, 2.24) is 9.88 Å². The number of aromatic nitrogens is 1. The maximum absolute atomic E-state index is 11.2. The molecular formula is C22H41N5O3. The monoisotopic (exact) mass is 423 g/mol. The number of piperazine rings is 1. The Morgan fingerprint density at radius 3 is 2.07 bits per heavy atom. The van der Waals surface area contributed by atoms with Gasteiger partial charge in [0.05, 0.1) is 4.92 Å². The van der Waals surface area contributed by atoms with Gasteiger partial charge < -0.3 is 15.5 Å². The second-order valence-electron chi connectivity index (χ2n) is 5.77. The molecule has 1 aromatic rings. The number of allylic oxidation sites excluding steroid dienone is 3. The van der Waals surface area contributed by atoms with Crippen LogP contribution >= 0.6 is 0 Å². The van der Waals surface area contributed by atoms with Crippen molar-refractivity contribution in [1.29, 1.82) is 0 Å². The number of hydrogen-bond donors (Lipinski definition) is 1. The second kappa shape index (κ2) is 19.4. The number of pyridine rings is 1. The SMILES string of the molecule is C.C/C=C\C.C=C(N)CC.CC.CC(=O)N1CCN(c2ncccc2[N+](=O)[O-])CC1. The first-order chi connectivity index (χ1) is 13.8. The summed E-state index contributed by atoms with van der Waals surface area (Å²) in [6.07, 6.45) is 6.43. The minimum Gasteiger partial charge on any atom is -0.403 e. The zero-order chi connectivity index (χ0) is 22.8. The van der Waals surface area contributed by atoms with Crippen molar-refractivity contribution < 1.29 is 9.72 Å². The molecule has 1 aliphatic rings. The normalized spacial score (nSPS) is 12.1. The van der Waals surface area contributed by atoms with E-state index < -0.39 is 4.92 Å². The van der Waals surface area contributed by atoms with Crippen molar-refractivity contribution in [3.63, 3.8) is 0 Å². The molecule has 8 heteroatoms. The molecule has 172 valence electrons. The van der Waals surface area contributed by atoms with Crippen LogP contribution in [0.25, 0.3) is 0 Å². The first-order valence-corrected chi connectivity index (χ1v) is 9.88. The van der Waals surface area contributed by atoms with Crippen LogP contribution in [0, 0.1) is 10.1 Å². The molecule has 2 rings (SSSR count). The molecule has 0 radical (unpaired) electrons. The summed E-state index contributed by atoms with van der Waals surface area (Å²) in [6, 6.07) is 2.99. The van der Waals surface area contributed by atoms with Crippen LogP contribution in [0.15, 0.2) is 42.8 Å². The molecule has 0 bridgehead atoms. The van der Waals surface area contributed by atoms with Gasteiger partial charge in [-0.05, 0) is 26.3 Å². The zero-order valence-electron chi connectivity index (χ0n) is 18.7. The molecule has 1 aromatic heterocycles. The van der Waals surface area contributed by atoms with E-state index in [-0.39, 0.29) is 19.0 Å². The molecule has 0 aromatic carbocycles. The Bertz CT molecular complexity index is 635. The van der Waals surface area contributed by atoms with Crippen molar-refractivity contribution in [2.45, 2.75) is 55.4 Å². The Morgan fingerprint density at radius 1 is 1.27 bits per heavy atom. The van der Waals surface area contributed by atoms with E-state index in [1.165, 1.54) is 13.0 Å². The molecule has 0 atom stereocenters. The molecular weight excluding hydrogens is 382 g/mol. The highest BCUT2D eigenvalue weighted by atomic mass is 16.6. The van der Waals surface area contributed by atoms with Crippen LogP contribution in [0.3, 0.4) is 0 Å². The molecule has 1 aliphatic heterocycles. The Labute approximate surface area is 182 Å². The summed E-state index contributed by atoms with van der Waals surface area (Å²) >= 11 is 0. The van der Waals surface area contributed by atoms with Crippen LogP contribution in [0.4, 0.5) is 11.5 Å². The van der Waals surface area contributed by atoms with Crippen LogP contribution in [0.1, 0.15) is 55.4 Å². The fraction of sp³-hybridized carbons (Fsp3) is 0.545. The summed E-state index contributed by atoms with van der Waals surface area (Å²) in [5.74, 6) is 0.413. The second-order valence-corrected chi connectivity index (χ2v) is 5.77. The Kier molecular flexibility index (Phi) is 20.6. The number of nitrogens with zero attached hydrogens (tertiary/aromatic N) is 4. The summed E-state index contributed by atoms with van der Waals surface area (Å²) < 4.78 is 0. The lowest BCUT2D eigenvalue weighted by atomic mass is 10.3. The highest BCUT2D eigenvalue weighted by Gasteiger charge is 2.25. The fourth-order valence-corrected chi connectivity index (χ4v) is 2.01. The van der Waals surface area contributed by atoms with Gasteiger partial charge in [-0.1, -0.05) is 46.9 Å². The molecule has 2 N–H and O–H groups in total. The molecule has 1 amide bonds. The molecule has 0 aliphatic carbocycles. The topological polar surface area (TPSA) is 106 Å². The summed E-state index contributed by atoms with van der Waals surface area (Å²) in [4.78, 5) is 29.3. The number of nitro groups is 1. The Balaban J connectivity index is -0.000000511. The van der Waals surface area contributed by atoms with Crippen LogP contribution in [0.5, 0.6) is 0 Å². The Morgan fingerprint density at radius 2 is 1.73 bits per heavy atom. The van der Waals surface area contributed by atoms with Crippen LogP contribution in [-0.4, -0.2) is 46.9 Å². The number of anilines is 1. The summed E-state index contributed by atoms with van der Waals surface area (Å²) in [6.45, 7) is 17.2. The van der Waals surface area contributed by atoms with Gasteiger partial charge in [-0.25, -0.2) is 4.98 Å². The van der Waals surface area contributed by atoms with E-state index in [1.807, 2.05) is 51.7 Å². The highest BCUT2D eigenvalue weighted by molar-refractivity contribution is 5.73. The van der Waals surface area contributed by atoms with Crippen molar-refractivity contribution in [3.05, 3.63) is 52.9 Å². The van der Waals surface area contributed by atoms with Gasteiger partial charge in [0.25, 0.3) is 0 Å². The third kappa shape index (κ3) is 13.3. The van der Waals surface area contributed by atoms with Crippen molar-refractivity contribution >= 4 is 17.4 Å². The molecule has 0 unspecified atom stereocenters. The number of carbonyl (C=O) groups excluding carboxylic acids is 1. The third-order valence-corrected chi connectivity index (χ3v) is 3.77. The number of carbonyl (C=O) groups is 1. The average molecular weight is 424 g/mol. The quantitative estimate of drug-likeness (QED) is 0.426. The smallest absolute Gasteiger partial charge is 0.311 e. The summed E-state index contributed by atoms with van der Waals surface area (Å²) in [5.41, 5.74) is 5.86. The lowest BCUT2D eigenvalue weighted by Crippen LogP contribution is -2.48. The van der Waals surface area contributed by atoms with Gasteiger partial charge in [-0.3, -0.25) is 14.9 Å². The number of amides is 1. The van der Waals surface area contributed by atoms with Crippen molar-refractivity contribution in [2.75, 3.05) is 31.1 Å². The van der Waals surface area contributed by atoms with Gasteiger partial charge in [-0.15, -0.1) is 0 Å². The first kappa shape index (κ1) is 31.8. The van der Waals surface area contributed by atoms with E-state index in [2.05, 4.69) is 11.6 Å². The van der Waals surface area contributed by atoms with Gasteiger partial charge in [-0.2, -0.15) is 0 Å². The van der Waals surface area contributed by atoms with E-state index in [1.54, 1.807) is 17.2 Å². The predicted molar refractivity (Wildman–Crippen MR) is 128 cm³/mol. The van der Waals surface area contributed by atoms with E-state index in [9.17, 15) is 14.9 Å². The van der Waals surface area contributed by atoms with Crippen molar-refractivity contribution in [3.8, 4) is 0 Å². The summed E-state index contributed by atoms with van der Waals surface area (Å²) in [7, 11) is 0. The van der Waals surface area contributed by atoms with Gasteiger partial charge in [0.1, 0.15) is 0 Å². The molecule has 0 saturated carbocycles. The first-order valence-electron chi connectivity index (χ1n) is 9.88. The average Bonchev–Trinajstić information content (AvgIpc) is 2.75. The van der Waals surface area contributed by atoms with Gasteiger partial charge in [0.15, 0.2) is 0 Å². The maximum atomic E-state index is 11.2. The minimum absolute atomic E-state index is 0. The van der Waals surface area contributed by atoms with E-state index >= 15 is 0 Å². The molecule has 30 heavy (non-hydrogen) atoms. The van der Waals surface area contributed by atoms with E-state index in [0.717, 1.165) is 12.1 Å². The molecule has 0 spiro atoms. The zero-order valence-corrected chi connectivity index (χ0v) is 18.7. The van der Waals surface area contributed by atoms with Crippen LogP contribution in [0.2, 0.25) is 0 Å². The fourth-order valence-electron chi connectivity index (χ4n) is 2.01. The number of rotatable bonds is 3. The highest BCUT2D eigenvalue weighted by Crippen LogP contribution is 2.25. The van der Waals surface area contributed by atoms with Crippen LogP contribution in [-0.2, 0) is 4.79 Å². The largest absolute Gasteiger partial charge is 0.403 e. The van der Waals surface area contributed by atoms with Gasteiger partial charge in [0.2, 0.25) is 11.7 Å². The molecule has 1 fully saturated rings. The van der Waals surface area contributed by atoms with Crippen LogP contribution < -0.4 is 10.6 Å². The molecule has 2 heterocycles. The lowest BCUT2D eigenvalue weighted by molar-refractivity contribution is -0.384. The molecule has 8 nitrogen and oxygen atoms in total. The van der Waals surface area contributed by atoms with E-state index in [4.69, 9.17) is 5.73 Å².